The number of benzene rings is 1. The SMILES string of the molecule is C=C(C(=O)OCCCCCCCC)c1ccccc1C. The Morgan fingerprint density at radius 2 is 1.75 bits per heavy atom. The van der Waals surface area contributed by atoms with Crippen LogP contribution in [0.2, 0.25) is 0 Å². The van der Waals surface area contributed by atoms with Gasteiger partial charge in [0.25, 0.3) is 0 Å². The first-order valence-corrected chi connectivity index (χ1v) is 7.58. The Morgan fingerprint density at radius 1 is 1.10 bits per heavy atom. The van der Waals surface area contributed by atoms with E-state index in [1.165, 1.54) is 25.7 Å². The summed E-state index contributed by atoms with van der Waals surface area (Å²) in [7, 11) is 0. The van der Waals surface area contributed by atoms with E-state index in [-0.39, 0.29) is 5.97 Å². The van der Waals surface area contributed by atoms with Crippen LogP contribution in [0.3, 0.4) is 0 Å². The van der Waals surface area contributed by atoms with Gasteiger partial charge in [-0.15, -0.1) is 0 Å². The molecule has 20 heavy (non-hydrogen) atoms. The maximum Gasteiger partial charge on any atom is 0.338 e. The number of ether oxygens (including phenoxy) is 1. The molecule has 0 aromatic heterocycles. The van der Waals surface area contributed by atoms with Gasteiger partial charge in [-0.2, -0.15) is 0 Å². The Hall–Kier alpha value is -1.57. The van der Waals surface area contributed by atoms with Gasteiger partial charge in [-0.3, -0.25) is 0 Å². The van der Waals surface area contributed by atoms with Gasteiger partial charge in [0.2, 0.25) is 0 Å². The molecule has 0 radical (unpaired) electrons. The van der Waals surface area contributed by atoms with E-state index < -0.39 is 0 Å². The zero-order chi connectivity index (χ0) is 14.8. The van der Waals surface area contributed by atoms with Crippen LogP contribution in [0.1, 0.15) is 56.6 Å². The largest absolute Gasteiger partial charge is 0.462 e. The number of aryl methyl sites for hydroxylation is 1. The number of hydrogen-bond donors (Lipinski definition) is 0. The summed E-state index contributed by atoms with van der Waals surface area (Å²) in [5.41, 5.74) is 2.38. The van der Waals surface area contributed by atoms with Gasteiger partial charge in [-0.25, -0.2) is 4.79 Å². The third-order valence-corrected chi connectivity index (χ3v) is 3.45. The minimum atomic E-state index is -0.298. The molecular formula is C18H26O2. The second-order valence-corrected chi connectivity index (χ2v) is 5.20. The van der Waals surface area contributed by atoms with Crippen molar-refractivity contribution in [3.8, 4) is 0 Å². The predicted octanol–water partition coefficient (Wildman–Crippen LogP) is 4.91. The lowest BCUT2D eigenvalue weighted by molar-refractivity contribution is -0.136. The monoisotopic (exact) mass is 274 g/mol. The van der Waals surface area contributed by atoms with Crippen molar-refractivity contribution in [3.05, 3.63) is 42.0 Å². The lowest BCUT2D eigenvalue weighted by atomic mass is 10.0. The summed E-state index contributed by atoms with van der Waals surface area (Å²) in [6.45, 7) is 8.53. The maximum absolute atomic E-state index is 11.9. The highest BCUT2D eigenvalue weighted by Crippen LogP contribution is 2.18. The first-order chi connectivity index (χ1) is 9.66. The highest BCUT2D eigenvalue weighted by atomic mass is 16.5. The molecule has 0 atom stereocenters. The van der Waals surface area contributed by atoms with Crippen molar-refractivity contribution in [2.45, 2.75) is 52.4 Å². The van der Waals surface area contributed by atoms with Gasteiger partial charge in [0.05, 0.1) is 12.2 Å². The summed E-state index contributed by atoms with van der Waals surface area (Å²) < 4.78 is 5.28. The second-order valence-electron chi connectivity index (χ2n) is 5.20. The molecule has 110 valence electrons. The van der Waals surface area contributed by atoms with Crippen molar-refractivity contribution in [1.29, 1.82) is 0 Å². The Labute approximate surface area is 122 Å². The molecule has 1 aromatic carbocycles. The molecule has 2 nitrogen and oxygen atoms in total. The molecule has 0 spiro atoms. The van der Waals surface area contributed by atoms with Gasteiger partial charge in [-0.05, 0) is 24.5 Å². The van der Waals surface area contributed by atoms with E-state index in [1.807, 2.05) is 31.2 Å². The maximum atomic E-state index is 11.9. The molecule has 0 aliphatic rings. The average Bonchev–Trinajstić information content (AvgIpc) is 2.46. The van der Waals surface area contributed by atoms with E-state index >= 15 is 0 Å². The molecule has 0 saturated carbocycles. The van der Waals surface area contributed by atoms with Crippen molar-refractivity contribution in [3.63, 3.8) is 0 Å². The van der Waals surface area contributed by atoms with Crippen molar-refractivity contribution < 1.29 is 9.53 Å². The van der Waals surface area contributed by atoms with E-state index in [0.717, 1.165) is 24.0 Å². The standard InChI is InChI=1S/C18H26O2/c1-4-5-6-7-8-11-14-20-18(19)16(3)17-13-10-9-12-15(17)2/h9-10,12-13H,3-8,11,14H2,1-2H3. The van der Waals surface area contributed by atoms with Crippen molar-refractivity contribution in [2.75, 3.05) is 6.61 Å². The Balaban J connectivity index is 2.26. The molecule has 0 amide bonds. The molecule has 1 aromatic rings. The number of esters is 1. The fourth-order valence-electron chi connectivity index (χ4n) is 2.16. The summed E-state index contributed by atoms with van der Waals surface area (Å²) >= 11 is 0. The summed E-state index contributed by atoms with van der Waals surface area (Å²) in [6, 6.07) is 7.74. The fraction of sp³-hybridized carbons (Fsp3) is 0.500. The number of unbranched alkanes of at least 4 members (excludes halogenated alkanes) is 5. The predicted molar refractivity (Wildman–Crippen MR) is 84.5 cm³/mol. The molecule has 0 fully saturated rings. The number of rotatable bonds is 9. The van der Waals surface area contributed by atoms with Crippen LogP contribution in [0.4, 0.5) is 0 Å². The van der Waals surface area contributed by atoms with Crippen molar-refractivity contribution >= 4 is 11.5 Å². The van der Waals surface area contributed by atoms with E-state index in [2.05, 4.69) is 13.5 Å². The normalized spacial score (nSPS) is 10.3. The van der Waals surface area contributed by atoms with Gasteiger partial charge >= 0.3 is 5.97 Å². The molecule has 0 aliphatic carbocycles. The first-order valence-electron chi connectivity index (χ1n) is 7.58. The topological polar surface area (TPSA) is 26.3 Å². The van der Waals surface area contributed by atoms with Crippen LogP contribution in [-0.4, -0.2) is 12.6 Å². The zero-order valence-electron chi connectivity index (χ0n) is 12.8. The third kappa shape index (κ3) is 5.60. The van der Waals surface area contributed by atoms with Crippen LogP contribution in [-0.2, 0) is 9.53 Å². The minimum absolute atomic E-state index is 0.298. The molecule has 0 saturated heterocycles. The molecule has 0 heterocycles. The summed E-state index contributed by atoms with van der Waals surface area (Å²) in [6.07, 6.45) is 7.13. The van der Waals surface area contributed by atoms with Gasteiger partial charge in [0.1, 0.15) is 0 Å². The molecular weight excluding hydrogens is 248 g/mol. The van der Waals surface area contributed by atoms with Crippen molar-refractivity contribution in [1.82, 2.24) is 0 Å². The quantitative estimate of drug-likeness (QED) is 0.363. The molecule has 0 aliphatic heterocycles. The van der Waals surface area contributed by atoms with E-state index in [9.17, 15) is 4.79 Å². The summed E-state index contributed by atoms with van der Waals surface area (Å²) in [5.74, 6) is -0.298. The lowest BCUT2D eigenvalue weighted by Crippen LogP contribution is -2.08. The smallest absolute Gasteiger partial charge is 0.338 e. The van der Waals surface area contributed by atoms with Crippen LogP contribution in [0, 0.1) is 6.92 Å². The number of hydrogen-bond acceptors (Lipinski definition) is 2. The number of carbonyl (C=O) groups is 1. The average molecular weight is 274 g/mol. The Morgan fingerprint density at radius 3 is 2.45 bits per heavy atom. The third-order valence-electron chi connectivity index (χ3n) is 3.45. The molecule has 2 heteroatoms. The molecule has 0 unspecified atom stereocenters. The lowest BCUT2D eigenvalue weighted by Gasteiger charge is -2.09. The summed E-state index contributed by atoms with van der Waals surface area (Å²) in [4.78, 5) is 11.9. The molecule has 0 N–H and O–H groups in total. The highest BCUT2D eigenvalue weighted by molar-refractivity contribution is 6.16. The van der Waals surface area contributed by atoms with E-state index in [0.29, 0.717) is 12.2 Å². The Kier molecular flexibility index (Phi) is 7.71. The van der Waals surface area contributed by atoms with Gasteiger partial charge in [0.15, 0.2) is 0 Å². The van der Waals surface area contributed by atoms with Crippen LogP contribution in [0.15, 0.2) is 30.8 Å². The second kappa shape index (κ2) is 9.35. The number of carbonyl (C=O) groups excluding carboxylic acids is 1. The van der Waals surface area contributed by atoms with Crippen LogP contribution in [0.25, 0.3) is 5.57 Å². The molecule has 1 rings (SSSR count). The highest BCUT2D eigenvalue weighted by Gasteiger charge is 2.12. The molecule has 0 bridgehead atoms. The van der Waals surface area contributed by atoms with Crippen LogP contribution >= 0.6 is 0 Å². The van der Waals surface area contributed by atoms with Crippen molar-refractivity contribution in [2.24, 2.45) is 0 Å². The zero-order valence-corrected chi connectivity index (χ0v) is 12.8. The van der Waals surface area contributed by atoms with Gasteiger partial charge in [-0.1, -0.05) is 69.9 Å². The van der Waals surface area contributed by atoms with Crippen LogP contribution < -0.4 is 0 Å². The van der Waals surface area contributed by atoms with E-state index in [4.69, 9.17) is 4.74 Å². The van der Waals surface area contributed by atoms with E-state index in [1.54, 1.807) is 0 Å². The fourth-order valence-corrected chi connectivity index (χ4v) is 2.16. The van der Waals surface area contributed by atoms with Gasteiger partial charge in [0, 0.05) is 0 Å². The minimum Gasteiger partial charge on any atom is -0.462 e. The first kappa shape index (κ1) is 16.5. The van der Waals surface area contributed by atoms with Gasteiger partial charge < -0.3 is 4.74 Å². The Bertz CT molecular complexity index is 435. The summed E-state index contributed by atoms with van der Waals surface area (Å²) in [5, 5.41) is 0. The van der Waals surface area contributed by atoms with Crippen LogP contribution in [0.5, 0.6) is 0 Å².